The highest BCUT2D eigenvalue weighted by molar-refractivity contribution is 5.33. The highest BCUT2D eigenvalue weighted by Gasteiger charge is 2.13. The molecule has 0 saturated heterocycles. The molecule has 2 rings (SSSR count). The summed E-state index contributed by atoms with van der Waals surface area (Å²) < 4.78 is 1.89. The molecule has 5 nitrogen and oxygen atoms in total. The van der Waals surface area contributed by atoms with Gasteiger partial charge in [0.25, 0.3) is 0 Å². The minimum atomic E-state index is 0.771. The van der Waals surface area contributed by atoms with Crippen LogP contribution in [0.2, 0.25) is 0 Å². The molecule has 96 valence electrons. The van der Waals surface area contributed by atoms with Gasteiger partial charge in [0.15, 0.2) is 5.82 Å². The molecule has 0 amide bonds. The van der Waals surface area contributed by atoms with Gasteiger partial charge in [-0.15, -0.1) is 0 Å². The monoisotopic (exact) mass is 245 g/mol. The predicted molar refractivity (Wildman–Crippen MR) is 70.9 cm³/mol. The summed E-state index contributed by atoms with van der Waals surface area (Å²) in [6.07, 6.45) is 0. The molecule has 0 saturated carbocycles. The van der Waals surface area contributed by atoms with E-state index in [0.29, 0.717) is 0 Å². The van der Waals surface area contributed by atoms with Crippen LogP contribution in [-0.4, -0.2) is 26.8 Å². The third-order valence-corrected chi connectivity index (χ3v) is 2.96. The summed E-state index contributed by atoms with van der Waals surface area (Å²) in [4.78, 5) is 8.74. The molecule has 0 aliphatic rings. The van der Waals surface area contributed by atoms with E-state index in [0.717, 1.165) is 35.3 Å². The van der Waals surface area contributed by atoms with Crippen LogP contribution in [0.3, 0.4) is 0 Å². The van der Waals surface area contributed by atoms with Gasteiger partial charge in [-0.25, -0.2) is 14.6 Å². The molecular weight excluding hydrogens is 226 g/mol. The van der Waals surface area contributed by atoms with E-state index >= 15 is 0 Å². The van der Waals surface area contributed by atoms with Crippen molar-refractivity contribution >= 4 is 0 Å². The molecule has 0 radical (unpaired) electrons. The molecule has 0 aliphatic heterocycles. The zero-order valence-corrected chi connectivity index (χ0v) is 11.6. The average Bonchev–Trinajstić information content (AvgIpc) is 2.56. The molecule has 2 aromatic rings. The fraction of sp³-hybridized carbons (Fsp3) is 0.462. The Labute approximate surface area is 107 Å². The number of nitrogens with one attached hydrogen (secondary N) is 1. The van der Waals surface area contributed by atoms with Crippen molar-refractivity contribution < 1.29 is 0 Å². The van der Waals surface area contributed by atoms with Crippen molar-refractivity contribution in [2.45, 2.75) is 34.2 Å². The summed E-state index contributed by atoms with van der Waals surface area (Å²) in [5, 5.41) is 7.73. The Hall–Kier alpha value is -1.75. The lowest BCUT2D eigenvalue weighted by molar-refractivity contribution is 0.781. The number of hydrogen-bond donors (Lipinski definition) is 1. The molecule has 0 unspecified atom stereocenters. The predicted octanol–water partition coefficient (Wildman–Crippen LogP) is 1.62. The van der Waals surface area contributed by atoms with Gasteiger partial charge in [0.1, 0.15) is 5.82 Å². The Morgan fingerprint density at radius 2 is 1.89 bits per heavy atom. The quantitative estimate of drug-likeness (QED) is 0.892. The Bertz CT molecular complexity index is 551. The number of hydrogen-bond acceptors (Lipinski definition) is 4. The molecule has 2 heterocycles. The molecule has 18 heavy (non-hydrogen) atoms. The Morgan fingerprint density at radius 3 is 2.50 bits per heavy atom. The van der Waals surface area contributed by atoms with Crippen LogP contribution in [0, 0.1) is 27.7 Å². The van der Waals surface area contributed by atoms with Gasteiger partial charge >= 0.3 is 0 Å². The van der Waals surface area contributed by atoms with E-state index < -0.39 is 0 Å². The lowest BCUT2D eigenvalue weighted by Gasteiger charge is -2.06. The van der Waals surface area contributed by atoms with Gasteiger partial charge in [-0.3, -0.25) is 0 Å². The van der Waals surface area contributed by atoms with E-state index in [9.17, 15) is 0 Å². The van der Waals surface area contributed by atoms with Crippen molar-refractivity contribution in [3.63, 3.8) is 0 Å². The summed E-state index contributed by atoms with van der Waals surface area (Å²) >= 11 is 0. The molecule has 5 heteroatoms. The molecule has 0 spiro atoms. The normalized spacial score (nSPS) is 10.9. The van der Waals surface area contributed by atoms with Gasteiger partial charge in [-0.2, -0.15) is 5.10 Å². The molecule has 2 aromatic heterocycles. The topological polar surface area (TPSA) is 55.6 Å². The first-order chi connectivity index (χ1) is 8.52. The second-order valence-electron chi connectivity index (χ2n) is 4.51. The smallest absolute Gasteiger partial charge is 0.157 e. The van der Waals surface area contributed by atoms with E-state index in [4.69, 9.17) is 0 Å². The largest absolute Gasteiger partial charge is 0.316 e. The average molecular weight is 245 g/mol. The van der Waals surface area contributed by atoms with Gasteiger partial charge in [-0.1, -0.05) is 0 Å². The van der Waals surface area contributed by atoms with Crippen molar-refractivity contribution in [3.8, 4) is 5.82 Å². The molecule has 1 N–H and O–H groups in total. The van der Waals surface area contributed by atoms with Crippen LogP contribution >= 0.6 is 0 Å². The van der Waals surface area contributed by atoms with E-state index in [2.05, 4.69) is 27.3 Å². The van der Waals surface area contributed by atoms with Crippen LogP contribution in [0.4, 0.5) is 0 Å². The third kappa shape index (κ3) is 2.26. The fourth-order valence-electron chi connectivity index (χ4n) is 2.14. The van der Waals surface area contributed by atoms with Crippen LogP contribution in [0.5, 0.6) is 0 Å². The standard InChI is InChI=1S/C13H19N5/c1-8-6-13(16-11(4)15-8)18-10(3)12(7-14-5)9(2)17-18/h6,14H,7H2,1-5H3. The number of rotatable bonds is 3. The van der Waals surface area contributed by atoms with Crippen LogP contribution in [0.25, 0.3) is 5.82 Å². The highest BCUT2D eigenvalue weighted by Crippen LogP contribution is 2.17. The van der Waals surface area contributed by atoms with E-state index in [1.807, 2.05) is 38.6 Å². The fourth-order valence-corrected chi connectivity index (χ4v) is 2.14. The maximum atomic E-state index is 4.57. The molecule has 0 atom stereocenters. The van der Waals surface area contributed by atoms with E-state index in [1.165, 1.54) is 5.56 Å². The van der Waals surface area contributed by atoms with Gasteiger partial charge in [0.05, 0.1) is 5.69 Å². The summed E-state index contributed by atoms with van der Waals surface area (Å²) in [6, 6.07) is 1.95. The van der Waals surface area contributed by atoms with Crippen molar-refractivity contribution in [2.24, 2.45) is 0 Å². The lowest BCUT2D eigenvalue weighted by atomic mass is 10.2. The molecular formula is C13H19N5. The van der Waals surface area contributed by atoms with Crippen LogP contribution < -0.4 is 5.32 Å². The van der Waals surface area contributed by atoms with Crippen LogP contribution in [0.1, 0.15) is 28.5 Å². The van der Waals surface area contributed by atoms with Gasteiger partial charge < -0.3 is 5.32 Å². The maximum absolute atomic E-state index is 4.57. The molecule has 0 bridgehead atoms. The second kappa shape index (κ2) is 4.86. The van der Waals surface area contributed by atoms with Gasteiger partial charge in [-0.05, 0) is 34.7 Å². The van der Waals surface area contributed by atoms with Crippen LogP contribution in [0.15, 0.2) is 6.07 Å². The second-order valence-corrected chi connectivity index (χ2v) is 4.51. The maximum Gasteiger partial charge on any atom is 0.157 e. The Morgan fingerprint density at radius 1 is 1.17 bits per heavy atom. The SMILES string of the molecule is CNCc1c(C)nn(-c2cc(C)nc(C)n2)c1C. The van der Waals surface area contributed by atoms with Crippen LogP contribution in [-0.2, 0) is 6.54 Å². The van der Waals surface area contributed by atoms with Gasteiger partial charge in [0.2, 0.25) is 0 Å². The zero-order chi connectivity index (χ0) is 13.3. The van der Waals surface area contributed by atoms with E-state index in [-0.39, 0.29) is 0 Å². The number of aryl methyl sites for hydroxylation is 3. The molecule has 0 aliphatic carbocycles. The van der Waals surface area contributed by atoms with E-state index in [1.54, 1.807) is 0 Å². The first-order valence-corrected chi connectivity index (χ1v) is 6.05. The number of aromatic nitrogens is 4. The molecule has 0 aromatic carbocycles. The lowest BCUT2D eigenvalue weighted by Crippen LogP contribution is -2.08. The first-order valence-electron chi connectivity index (χ1n) is 6.05. The van der Waals surface area contributed by atoms with Crippen molar-refractivity contribution in [1.29, 1.82) is 0 Å². The number of nitrogens with zero attached hydrogens (tertiary/aromatic N) is 4. The van der Waals surface area contributed by atoms with Crippen molar-refractivity contribution in [3.05, 3.63) is 34.5 Å². The van der Waals surface area contributed by atoms with Crippen molar-refractivity contribution in [2.75, 3.05) is 7.05 Å². The summed E-state index contributed by atoms with van der Waals surface area (Å²) in [5.74, 6) is 1.61. The molecule has 0 fully saturated rings. The highest BCUT2D eigenvalue weighted by atomic mass is 15.3. The minimum Gasteiger partial charge on any atom is -0.316 e. The zero-order valence-electron chi connectivity index (χ0n) is 11.6. The summed E-state index contributed by atoms with van der Waals surface area (Å²) in [5.41, 5.74) is 4.35. The summed E-state index contributed by atoms with van der Waals surface area (Å²) in [7, 11) is 1.94. The third-order valence-electron chi connectivity index (χ3n) is 2.96. The Kier molecular flexibility index (Phi) is 3.43. The first kappa shape index (κ1) is 12.7. The minimum absolute atomic E-state index is 0.771. The summed E-state index contributed by atoms with van der Waals surface area (Å²) in [6.45, 7) is 8.78. The Balaban J connectivity index is 2.54. The van der Waals surface area contributed by atoms with Gasteiger partial charge in [0, 0.05) is 29.6 Å². The van der Waals surface area contributed by atoms with Crippen molar-refractivity contribution in [1.82, 2.24) is 25.1 Å².